The summed E-state index contributed by atoms with van der Waals surface area (Å²) in [6.07, 6.45) is 4.78. The predicted octanol–water partition coefficient (Wildman–Crippen LogP) is 3.47. The van der Waals surface area contributed by atoms with Crippen molar-refractivity contribution in [3.63, 3.8) is 0 Å². The zero-order valence-electron chi connectivity index (χ0n) is 13.9. The van der Waals surface area contributed by atoms with Crippen molar-refractivity contribution in [1.82, 2.24) is 9.80 Å². The first kappa shape index (κ1) is 16.2. The van der Waals surface area contributed by atoms with Gasteiger partial charge in [0.2, 0.25) is 0 Å². The second kappa shape index (κ2) is 7.30. The smallest absolute Gasteiger partial charge is 0.321 e. The third-order valence-electron chi connectivity index (χ3n) is 5.04. The third kappa shape index (κ3) is 4.22. The highest BCUT2D eigenvalue weighted by atomic mass is 19.1. The molecule has 0 bridgehead atoms. The summed E-state index contributed by atoms with van der Waals surface area (Å²) >= 11 is 0. The first-order valence-electron chi connectivity index (χ1n) is 8.66. The Morgan fingerprint density at radius 1 is 1.22 bits per heavy atom. The summed E-state index contributed by atoms with van der Waals surface area (Å²) in [6, 6.07) is 4.70. The molecule has 2 aliphatic heterocycles. The van der Waals surface area contributed by atoms with Crippen LogP contribution in [0.3, 0.4) is 0 Å². The highest BCUT2D eigenvalue weighted by Gasteiger charge is 2.25. The number of rotatable bonds is 3. The average molecular weight is 319 g/mol. The number of carbonyl (C=O) groups is 1. The number of hydrogen-bond donors (Lipinski definition) is 1. The Labute approximate surface area is 137 Å². The van der Waals surface area contributed by atoms with E-state index < -0.39 is 0 Å². The van der Waals surface area contributed by atoms with Crippen LogP contribution in [0, 0.1) is 18.7 Å². The lowest BCUT2D eigenvalue weighted by Crippen LogP contribution is -2.43. The number of aryl methyl sites for hydroxylation is 1. The van der Waals surface area contributed by atoms with Crippen LogP contribution >= 0.6 is 0 Å². The lowest BCUT2D eigenvalue weighted by atomic mass is 9.96. The standard InChI is InChI=1S/C18H26FN3O/c1-14-4-5-16(12-17(14)19)20-18(23)22-10-6-15(7-11-22)13-21-8-2-3-9-21/h4-5,12,15H,2-3,6-11,13H2,1H3,(H,20,23). The fourth-order valence-electron chi connectivity index (χ4n) is 3.52. The van der Waals surface area contributed by atoms with Gasteiger partial charge >= 0.3 is 6.03 Å². The molecule has 2 saturated heterocycles. The molecule has 2 heterocycles. The van der Waals surface area contributed by atoms with Crippen LogP contribution in [0.25, 0.3) is 0 Å². The van der Waals surface area contributed by atoms with Gasteiger partial charge in [0.15, 0.2) is 0 Å². The highest BCUT2D eigenvalue weighted by Crippen LogP contribution is 2.21. The number of urea groups is 1. The third-order valence-corrected chi connectivity index (χ3v) is 5.04. The molecule has 2 fully saturated rings. The van der Waals surface area contributed by atoms with Crippen molar-refractivity contribution >= 4 is 11.7 Å². The number of hydrogen-bond acceptors (Lipinski definition) is 2. The Morgan fingerprint density at radius 2 is 1.91 bits per heavy atom. The maximum atomic E-state index is 13.5. The first-order chi connectivity index (χ1) is 11.1. The van der Waals surface area contributed by atoms with E-state index in [0.29, 0.717) is 17.2 Å². The van der Waals surface area contributed by atoms with Gasteiger partial charge in [-0.25, -0.2) is 9.18 Å². The topological polar surface area (TPSA) is 35.6 Å². The van der Waals surface area contributed by atoms with E-state index in [9.17, 15) is 9.18 Å². The fourth-order valence-corrected chi connectivity index (χ4v) is 3.52. The van der Waals surface area contributed by atoms with Gasteiger partial charge in [-0.1, -0.05) is 6.07 Å². The number of nitrogens with one attached hydrogen (secondary N) is 1. The zero-order valence-corrected chi connectivity index (χ0v) is 13.9. The number of carbonyl (C=O) groups excluding carboxylic acids is 1. The van der Waals surface area contributed by atoms with Crippen molar-refractivity contribution in [2.45, 2.75) is 32.6 Å². The van der Waals surface area contributed by atoms with E-state index in [0.717, 1.165) is 25.9 Å². The summed E-state index contributed by atoms with van der Waals surface area (Å²) in [6.45, 7) is 6.95. The summed E-state index contributed by atoms with van der Waals surface area (Å²) in [7, 11) is 0. The number of benzene rings is 1. The molecule has 0 unspecified atom stereocenters. The van der Waals surface area contributed by atoms with Crippen LogP contribution in [0.1, 0.15) is 31.2 Å². The van der Waals surface area contributed by atoms with E-state index in [2.05, 4.69) is 10.2 Å². The van der Waals surface area contributed by atoms with E-state index in [1.165, 1.54) is 38.5 Å². The van der Waals surface area contributed by atoms with Crippen LogP contribution in [-0.2, 0) is 0 Å². The number of piperidine rings is 1. The molecule has 1 aromatic carbocycles. The first-order valence-corrected chi connectivity index (χ1v) is 8.66. The molecular formula is C18H26FN3O. The maximum absolute atomic E-state index is 13.5. The zero-order chi connectivity index (χ0) is 16.2. The van der Waals surface area contributed by atoms with Gasteiger partial charge in [-0.05, 0) is 69.3 Å². The molecule has 1 N–H and O–H groups in total. The minimum Gasteiger partial charge on any atom is -0.325 e. The molecule has 3 rings (SSSR count). The Kier molecular flexibility index (Phi) is 5.16. The molecule has 5 heteroatoms. The fraction of sp³-hybridized carbons (Fsp3) is 0.611. The molecule has 23 heavy (non-hydrogen) atoms. The number of amides is 2. The number of nitrogens with zero attached hydrogens (tertiary/aromatic N) is 2. The van der Waals surface area contributed by atoms with E-state index in [4.69, 9.17) is 0 Å². The maximum Gasteiger partial charge on any atom is 0.321 e. The molecule has 2 amide bonds. The average Bonchev–Trinajstić information content (AvgIpc) is 3.04. The van der Waals surface area contributed by atoms with Crippen LogP contribution in [0.5, 0.6) is 0 Å². The van der Waals surface area contributed by atoms with Gasteiger partial charge in [-0.3, -0.25) is 0 Å². The number of halogens is 1. The minimum absolute atomic E-state index is 0.118. The normalized spacial score (nSPS) is 20.0. The van der Waals surface area contributed by atoms with Gasteiger partial charge < -0.3 is 15.1 Å². The molecule has 0 atom stereocenters. The second-order valence-corrected chi connectivity index (χ2v) is 6.83. The Morgan fingerprint density at radius 3 is 2.57 bits per heavy atom. The summed E-state index contributed by atoms with van der Waals surface area (Å²) in [4.78, 5) is 16.7. The SMILES string of the molecule is Cc1ccc(NC(=O)N2CCC(CN3CCCC3)CC2)cc1F. The lowest BCUT2D eigenvalue weighted by Gasteiger charge is -2.33. The summed E-state index contributed by atoms with van der Waals surface area (Å²) in [5, 5.41) is 2.80. The molecule has 126 valence electrons. The minimum atomic E-state index is -0.285. The summed E-state index contributed by atoms with van der Waals surface area (Å²) < 4.78 is 13.5. The second-order valence-electron chi connectivity index (χ2n) is 6.83. The Bertz CT molecular complexity index is 549. The van der Waals surface area contributed by atoms with Crippen LogP contribution in [0.15, 0.2) is 18.2 Å². The van der Waals surface area contributed by atoms with Crippen molar-refractivity contribution in [3.8, 4) is 0 Å². The molecule has 2 aliphatic rings. The van der Waals surface area contributed by atoms with E-state index in [1.807, 2.05) is 4.90 Å². The van der Waals surface area contributed by atoms with Crippen molar-refractivity contribution in [3.05, 3.63) is 29.6 Å². The largest absolute Gasteiger partial charge is 0.325 e. The van der Waals surface area contributed by atoms with Crippen LogP contribution in [0.2, 0.25) is 0 Å². The van der Waals surface area contributed by atoms with Crippen LogP contribution in [-0.4, -0.2) is 48.6 Å². The molecule has 4 nitrogen and oxygen atoms in total. The van der Waals surface area contributed by atoms with Crippen molar-refractivity contribution in [2.24, 2.45) is 5.92 Å². The molecular weight excluding hydrogens is 293 g/mol. The van der Waals surface area contributed by atoms with Gasteiger partial charge in [0, 0.05) is 25.3 Å². The van der Waals surface area contributed by atoms with Crippen LogP contribution < -0.4 is 5.32 Å². The molecule has 0 aromatic heterocycles. The molecule has 0 spiro atoms. The Hall–Kier alpha value is -1.62. The number of likely N-dealkylation sites (tertiary alicyclic amines) is 2. The van der Waals surface area contributed by atoms with Gasteiger partial charge in [-0.2, -0.15) is 0 Å². The van der Waals surface area contributed by atoms with E-state index in [-0.39, 0.29) is 11.8 Å². The summed E-state index contributed by atoms with van der Waals surface area (Å²) in [5.74, 6) is 0.418. The van der Waals surface area contributed by atoms with Crippen molar-refractivity contribution in [1.29, 1.82) is 0 Å². The van der Waals surface area contributed by atoms with Crippen molar-refractivity contribution in [2.75, 3.05) is 38.0 Å². The molecule has 0 radical (unpaired) electrons. The van der Waals surface area contributed by atoms with Gasteiger partial charge in [0.1, 0.15) is 5.82 Å². The molecule has 0 aliphatic carbocycles. The van der Waals surface area contributed by atoms with Crippen LogP contribution in [0.4, 0.5) is 14.9 Å². The highest BCUT2D eigenvalue weighted by molar-refractivity contribution is 5.89. The van der Waals surface area contributed by atoms with Gasteiger partial charge in [0.05, 0.1) is 0 Å². The molecule has 0 saturated carbocycles. The van der Waals surface area contributed by atoms with Crippen molar-refractivity contribution < 1.29 is 9.18 Å². The Balaban J connectivity index is 1.46. The predicted molar refractivity (Wildman–Crippen MR) is 90.1 cm³/mol. The van der Waals surface area contributed by atoms with Gasteiger partial charge in [-0.15, -0.1) is 0 Å². The van der Waals surface area contributed by atoms with E-state index >= 15 is 0 Å². The molecule has 1 aromatic rings. The van der Waals surface area contributed by atoms with Gasteiger partial charge in [0.25, 0.3) is 0 Å². The monoisotopic (exact) mass is 319 g/mol. The lowest BCUT2D eigenvalue weighted by molar-refractivity contribution is 0.163. The van der Waals surface area contributed by atoms with E-state index in [1.54, 1.807) is 19.1 Å². The number of anilines is 1. The quantitative estimate of drug-likeness (QED) is 0.926. The summed E-state index contributed by atoms with van der Waals surface area (Å²) in [5.41, 5.74) is 1.11.